The van der Waals surface area contributed by atoms with Gasteiger partial charge in [-0.1, -0.05) is 6.92 Å². The van der Waals surface area contributed by atoms with Crippen LogP contribution in [0.4, 0.5) is 0 Å². The Balaban J connectivity index is 2.07. The maximum atomic E-state index is 5.37. The lowest BCUT2D eigenvalue weighted by Crippen LogP contribution is -2.19. The average molecular weight is 128 g/mol. The molecular weight excluding hydrogens is 116 g/mol. The maximum Gasteiger partial charge on any atom is 0.147 e. The van der Waals surface area contributed by atoms with Crippen LogP contribution in [0.2, 0.25) is 0 Å². The molecule has 1 heterocycles. The van der Waals surface area contributed by atoms with Crippen LogP contribution >= 0.6 is 0 Å². The molecule has 1 saturated carbocycles. The van der Waals surface area contributed by atoms with Crippen LogP contribution in [0.5, 0.6) is 0 Å². The summed E-state index contributed by atoms with van der Waals surface area (Å²) in [6.45, 7) is 2.76. The Labute approximate surface area is 55.1 Å². The van der Waals surface area contributed by atoms with Crippen molar-refractivity contribution >= 4 is 0 Å². The summed E-state index contributed by atoms with van der Waals surface area (Å²) < 4.78 is 10.7. The highest BCUT2D eigenvalue weighted by Gasteiger charge is 2.38. The van der Waals surface area contributed by atoms with Gasteiger partial charge in [-0.2, -0.15) is 0 Å². The predicted molar refractivity (Wildman–Crippen MR) is 33.0 cm³/mol. The summed E-state index contributed by atoms with van der Waals surface area (Å²) in [5, 5.41) is 0. The summed E-state index contributed by atoms with van der Waals surface area (Å²) in [7, 11) is 0. The molecule has 0 aromatic heterocycles. The molecule has 1 saturated heterocycles. The first-order valence-electron chi connectivity index (χ1n) is 3.61. The molecule has 2 heteroatoms. The van der Waals surface area contributed by atoms with E-state index < -0.39 is 0 Å². The monoisotopic (exact) mass is 128 g/mol. The molecule has 0 aromatic rings. The molecule has 2 fully saturated rings. The van der Waals surface area contributed by atoms with E-state index in [2.05, 4.69) is 6.92 Å². The van der Waals surface area contributed by atoms with Gasteiger partial charge in [-0.15, -0.1) is 0 Å². The zero-order valence-corrected chi connectivity index (χ0v) is 5.67. The summed E-state index contributed by atoms with van der Waals surface area (Å²) in [5.74, 6) is 0.720. The van der Waals surface area contributed by atoms with Crippen molar-refractivity contribution in [3.8, 4) is 0 Å². The first-order chi connectivity index (χ1) is 4.38. The molecule has 0 spiro atoms. The lowest BCUT2D eigenvalue weighted by molar-refractivity contribution is 0.0198. The third-order valence-corrected chi connectivity index (χ3v) is 2.38. The molecule has 2 aliphatic rings. The van der Waals surface area contributed by atoms with Crippen LogP contribution in [-0.2, 0) is 9.47 Å². The molecule has 2 rings (SSSR count). The molecule has 0 aromatic carbocycles. The van der Waals surface area contributed by atoms with E-state index in [1.807, 2.05) is 0 Å². The minimum atomic E-state index is 0.421. The van der Waals surface area contributed by atoms with Gasteiger partial charge < -0.3 is 9.47 Å². The second-order valence-electron chi connectivity index (χ2n) is 3.01. The molecule has 2 nitrogen and oxygen atoms in total. The number of fused-ring (bicyclic) bond motifs is 1. The standard InChI is InChI=1S/C7H12O2/c1-5-2-3-6-7(5)9-4-8-6/h5-7H,2-4H2,1H3/t5-,6+,7-/m1/s1. The summed E-state index contributed by atoms with van der Waals surface area (Å²) in [4.78, 5) is 0. The van der Waals surface area contributed by atoms with Gasteiger partial charge in [0, 0.05) is 0 Å². The van der Waals surface area contributed by atoms with Crippen LogP contribution in [0.25, 0.3) is 0 Å². The Hall–Kier alpha value is -0.0800. The van der Waals surface area contributed by atoms with Gasteiger partial charge in [0.25, 0.3) is 0 Å². The van der Waals surface area contributed by atoms with E-state index in [0.717, 1.165) is 5.92 Å². The zero-order valence-electron chi connectivity index (χ0n) is 5.67. The molecule has 0 amide bonds. The van der Waals surface area contributed by atoms with Gasteiger partial charge in [0.1, 0.15) is 6.79 Å². The molecule has 0 unspecified atom stereocenters. The van der Waals surface area contributed by atoms with Gasteiger partial charge in [0.2, 0.25) is 0 Å². The second-order valence-corrected chi connectivity index (χ2v) is 3.01. The van der Waals surface area contributed by atoms with Crippen LogP contribution in [0.1, 0.15) is 19.8 Å². The fourth-order valence-corrected chi connectivity index (χ4v) is 1.78. The van der Waals surface area contributed by atoms with E-state index in [1.54, 1.807) is 0 Å². The van der Waals surface area contributed by atoms with Gasteiger partial charge in [-0.3, -0.25) is 0 Å². The molecule has 9 heavy (non-hydrogen) atoms. The summed E-state index contributed by atoms with van der Waals surface area (Å²) in [6.07, 6.45) is 3.33. The third-order valence-electron chi connectivity index (χ3n) is 2.38. The van der Waals surface area contributed by atoms with Crippen molar-refractivity contribution in [2.75, 3.05) is 6.79 Å². The third kappa shape index (κ3) is 0.775. The number of ether oxygens (including phenoxy) is 2. The van der Waals surface area contributed by atoms with Gasteiger partial charge in [0.15, 0.2) is 0 Å². The summed E-state index contributed by atoms with van der Waals surface area (Å²) in [5.41, 5.74) is 0. The number of hydrogen-bond acceptors (Lipinski definition) is 2. The van der Waals surface area contributed by atoms with E-state index in [-0.39, 0.29) is 0 Å². The Morgan fingerprint density at radius 2 is 2.11 bits per heavy atom. The lowest BCUT2D eigenvalue weighted by atomic mass is 10.1. The fourth-order valence-electron chi connectivity index (χ4n) is 1.78. The smallest absolute Gasteiger partial charge is 0.147 e. The number of hydrogen-bond donors (Lipinski definition) is 0. The highest BCUT2D eigenvalue weighted by atomic mass is 16.7. The van der Waals surface area contributed by atoms with Crippen LogP contribution < -0.4 is 0 Å². The highest BCUT2D eigenvalue weighted by Crippen LogP contribution is 2.33. The molecule has 1 aliphatic carbocycles. The van der Waals surface area contributed by atoms with E-state index in [9.17, 15) is 0 Å². The van der Waals surface area contributed by atoms with Gasteiger partial charge in [0.05, 0.1) is 12.2 Å². The first kappa shape index (κ1) is 5.69. The van der Waals surface area contributed by atoms with E-state index >= 15 is 0 Å². The van der Waals surface area contributed by atoms with Crippen LogP contribution in [0.3, 0.4) is 0 Å². The zero-order chi connectivity index (χ0) is 6.27. The van der Waals surface area contributed by atoms with Crippen molar-refractivity contribution in [1.29, 1.82) is 0 Å². The first-order valence-corrected chi connectivity index (χ1v) is 3.61. The molecular formula is C7H12O2. The van der Waals surface area contributed by atoms with Crippen LogP contribution in [-0.4, -0.2) is 19.0 Å². The van der Waals surface area contributed by atoms with Crippen LogP contribution in [0.15, 0.2) is 0 Å². The van der Waals surface area contributed by atoms with Gasteiger partial charge in [-0.05, 0) is 18.8 Å². The van der Waals surface area contributed by atoms with Crippen molar-refractivity contribution in [2.45, 2.75) is 32.0 Å². The molecule has 3 atom stereocenters. The van der Waals surface area contributed by atoms with Crippen molar-refractivity contribution in [3.05, 3.63) is 0 Å². The Kier molecular flexibility index (Phi) is 1.24. The molecule has 52 valence electrons. The van der Waals surface area contributed by atoms with E-state index in [0.29, 0.717) is 19.0 Å². The topological polar surface area (TPSA) is 18.5 Å². The Morgan fingerprint density at radius 1 is 1.22 bits per heavy atom. The predicted octanol–water partition coefficient (Wildman–Crippen LogP) is 1.16. The van der Waals surface area contributed by atoms with Crippen molar-refractivity contribution in [2.24, 2.45) is 5.92 Å². The molecule has 0 bridgehead atoms. The van der Waals surface area contributed by atoms with Crippen molar-refractivity contribution < 1.29 is 9.47 Å². The van der Waals surface area contributed by atoms with Crippen molar-refractivity contribution in [3.63, 3.8) is 0 Å². The quantitative estimate of drug-likeness (QED) is 0.487. The van der Waals surface area contributed by atoms with Gasteiger partial charge >= 0.3 is 0 Å². The summed E-state index contributed by atoms with van der Waals surface area (Å²) in [6, 6.07) is 0. The van der Waals surface area contributed by atoms with E-state index in [1.165, 1.54) is 12.8 Å². The molecule has 0 radical (unpaired) electrons. The Morgan fingerprint density at radius 3 is 2.89 bits per heavy atom. The van der Waals surface area contributed by atoms with Crippen molar-refractivity contribution in [1.82, 2.24) is 0 Å². The minimum Gasteiger partial charge on any atom is -0.349 e. The Bertz CT molecular complexity index is 113. The maximum absolute atomic E-state index is 5.37. The average Bonchev–Trinajstić information content (AvgIpc) is 2.35. The SMILES string of the molecule is C[C@@H]1CC[C@@H]2OCO[C@H]12. The van der Waals surface area contributed by atoms with Crippen LogP contribution in [0, 0.1) is 5.92 Å². The summed E-state index contributed by atoms with van der Waals surface area (Å²) >= 11 is 0. The largest absolute Gasteiger partial charge is 0.349 e. The van der Waals surface area contributed by atoms with Gasteiger partial charge in [-0.25, -0.2) is 0 Å². The molecule has 1 aliphatic heterocycles. The second kappa shape index (κ2) is 1.96. The fraction of sp³-hybridized carbons (Fsp3) is 1.00. The molecule has 0 N–H and O–H groups in total. The van der Waals surface area contributed by atoms with E-state index in [4.69, 9.17) is 9.47 Å². The normalized spacial score (nSPS) is 49.7. The minimum absolute atomic E-state index is 0.421. The lowest BCUT2D eigenvalue weighted by Gasteiger charge is -2.09. The highest BCUT2D eigenvalue weighted by molar-refractivity contribution is 4.86. The number of rotatable bonds is 0.